The van der Waals surface area contributed by atoms with Crippen LogP contribution in [-0.2, 0) is 14.3 Å². The van der Waals surface area contributed by atoms with E-state index in [2.05, 4.69) is 9.89 Å². The number of nitrogens with two attached hydrogens (primary N) is 1. The van der Waals surface area contributed by atoms with Gasteiger partial charge in [-0.3, -0.25) is 4.99 Å². The van der Waals surface area contributed by atoms with Crippen LogP contribution < -0.4 is 5.73 Å². The first-order valence-corrected chi connectivity index (χ1v) is 9.89. The summed E-state index contributed by atoms with van der Waals surface area (Å²) in [7, 11) is 5.77. The molecular formula is C20H31N3O3S. The number of ether oxygens (including phenoxy) is 2. The molecule has 150 valence electrons. The number of aliphatic imine (C=N–C) groups is 1. The predicted octanol–water partition coefficient (Wildman–Crippen LogP) is 2.96. The lowest BCUT2D eigenvalue weighted by Gasteiger charge is -2.24. The first-order chi connectivity index (χ1) is 13.1. The Morgan fingerprint density at radius 2 is 2.26 bits per heavy atom. The summed E-state index contributed by atoms with van der Waals surface area (Å²) in [6.45, 7) is 1.84. The number of carbonyl (C=O) groups excluding carboxylic acids is 1. The molecular weight excluding hydrogens is 362 g/mol. The van der Waals surface area contributed by atoms with Crippen LogP contribution in [0.1, 0.15) is 24.1 Å². The van der Waals surface area contributed by atoms with Gasteiger partial charge < -0.3 is 24.9 Å². The van der Waals surface area contributed by atoms with Crippen molar-refractivity contribution in [3.05, 3.63) is 40.7 Å². The summed E-state index contributed by atoms with van der Waals surface area (Å²) in [6.07, 6.45) is 9.90. The summed E-state index contributed by atoms with van der Waals surface area (Å²) in [5.74, 6) is 0. The van der Waals surface area contributed by atoms with Gasteiger partial charge in [0, 0.05) is 18.5 Å². The Balaban J connectivity index is 0.000000445. The Kier molecular flexibility index (Phi) is 12.3. The number of aldehydes is 1. The number of rotatable bonds is 8. The maximum atomic E-state index is 10.8. The predicted molar refractivity (Wildman–Crippen MR) is 113 cm³/mol. The van der Waals surface area contributed by atoms with Gasteiger partial charge in [0.05, 0.1) is 12.3 Å². The molecule has 1 aromatic heterocycles. The molecule has 0 aromatic carbocycles. The number of nitrogens with zero attached hydrogens (tertiary/aromatic N) is 2. The fourth-order valence-corrected chi connectivity index (χ4v) is 2.88. The van der Waals surface area contributed by atoms with Crippen molar-refractivity contribution in [2.75, 3.05) is 34.4 Å². The highest BCUT2D eigenvalue weighted by molar-refractivity contribution is 7.10. The number of likely N-dealkylation sites (N-methyl/N-ethyl adjacent to an activating group) is 1. The lowest BCUT2D eigenvalue weighted by Crippen LogP contribution is -2.27. The molecule has 0 saturated carbocycles. The van der Waals surface area contributed by atoms with E-state index in [1.807, 2.05) is 43.8 Å². The smallest absolute Gasteiger partial charge is 0.149 e. The standard InChI is InChI=1S/C15H18N2O2S.C5H13NO/c16-9-8-12(6-7-14-4-2-10-20-14)17-15-5-1-3-13(11-18)19-15;1-6(2)4-5-7-3/h2,4,6-11,13,15H,1,3,5,16H2;4-5H2,1-3H3/b7-6+,9-8-,17-12+;. The quantitative estimate of drug-likeness (QED) is 0.543. The highest BCUT2D eigenvalue weighted by atomic mass is 32.1. The minimum absolute atomic E-state index is 0.266. The van der Waals surface area contributed by atoms with Crippen LogP contribution in [0, 0.1) is 0 Å². The van der Waals surface area contributed by atoms with Crippen molar-refractivity contribution in [3.63, 3.8) is 0 Å². The van der Waals surface area contributed by atoms with Gasteiger partial charge in [0.2, 0.25) is 0 Å². The van der Waals surface area contributed by atoms with E-state index in [9.17, 15) is 4.79 Å². The van der Waals surface area contributed by atoms with Gasteiger partial charge >= 0.3 is 0 Å². The van der Waals surface area contributed by atoms with Crippen molar-refractivity contribution < 1.29 is 14.3 Å². The van der Waals surface area contributed by atoms with Gasteiger partial charge in [-0.1, -0.05) is 6.07 Å². The van der Waals surface area contributed by atoms with Crippen LogP contribution in [0.25, 0.3) is 6.08 Å². The molecule has 1 aliphatic heterocycles. The van der Waals surface area contributed by atoms with Crippen molar-refractivity contribution in [3.8, 4) is 0 Å². The fourth-order valence-electron chi connectivity index (χ4n) is 2.26. The second-order valence-electron chi connectivity index (χ2n) is 6.25. The molecule has 1 fully saturated rings. The lowest BCUT2D eigenvalue weighted by atomic mass is 10.1. The van der Waals surface area contributed by atoms with Crippen LogP contribution in [0.3, 0.4) is 0 Å². The number of hydrogen-bond acceptors (Lipinski definition) is 7. The van der Waals surface area contributed by atoms with E-state index in [1.54, 1.807) is 24.5 Å². The van der Waals surface area contributed by atoms with Crippen molar-refractivity contribution in [2.45, 2.75) is 31.6 Å². The molecule has 2 N–H and O–H groups in total. The highest BCUT2D eigenvalue weighted by Crippen LogP contribution is 2.19. The molecule has 7 heteroatoms. The highest BCUT2D eigenvalue weighted by Gasteiger charge is 2.21. The van der Waals surface area contributed by atoms with E-state index in [-0.39, 0.29) is 12.3 Å². The molecule has 6 nitrogen and oxygen atoms in total. The second kappa shape index (κ2) is 14.3. The molecule has 2 atom stereocenters. The molecule has 27 heavy (non-hydrogen) atoms. The molecule has 0 amide bonds. The van der Waals surface area contributed by atoms with Crippen LogP contribution in [0.4, 0.5) is 0 Å². The van der Waals surface area contributed by atoms with E-state index in [0.717, 1.165) is 49.3 Å². The van der Waals surface area contributed by atoms with Gasteiger partial charge in [-0.2, -0.15) is 0 Å². The maximum Gasteiger partial charge on any atom is 0.149 e. The zero-order valence-electron chi connectivity index (χ0n) is 16.4. The molecule has 0 spiro atoms. The molecule has 2 unspecified atom stereocenters. The van der Waals surface area contributed by atoms with E-state index in [4.69, 9.17) is 15.2 Å². The van der Waals surface area contributed by atoms with Crippen molar-refractivity contribution in [2.24, 2.45) is 10.7 Å². The SMILES string of the molecule is COCCN(C)C.N\C=C/C(/C=C/c1cccs1)=N/C1CCCC(C=O)O1. The molecule has 0 aliphatic carbocycles. The van der Waals surface area contributed by atoms with Gasteiger partial charge in [0.1, 0.15) is 18.6 Å². The van der Waals surface area contributed by atoms with Crippen LogP contribution >= 0.6 is 11.3 Å². The summed E-state index contributed by atoms with van der Waals surface area (Å²) >= 11 is 1.66. The fraction of sp³-hybridized carbons (Fsp3) is 0.500. The first kappa shape index (κ1) is 23.2. The monoisotopic (exact) mass is 393 g/mol. The lowest BCUT2D eigenvalue weighted by molar-refractivity contribution is -0.125. The summed E-state index contributed by atoms with van der Waals surface area (Å²) in [5.41, 5.74) is 6.19. The van der Waals surface area contributed by atoms with E-state index in [1.165, 1.54) is 6.20 Å². The van der Waals surface area contributed by atoms with Crippen LogP contribution in [0.15, 0.2) is 40.9 Å². The van der Waals surface area contributed by atoms with Gasteiger partial charge in [0.15, 0.2) is 0 Å². The summed E-state index contributed by atoms with van der Waals surface area (Å²) in [6, 6.07) is 4.03. The second-order valence-corrected chi connectivity index (χ2v) is 7.23. The Morgan fingerprint density at radius 3 is 2.81 bits per heavy atom. The van der Waals surface area contributed by atoms with Gasteiger partial charge in [-0.25, -0.2) is 0 Å². The molecule has 1 aliphatic rings. The van der Waals surface area contributed by atoms with Crippen LogP contribution in [0.5, 0.6) is 0 Å². The average molecular weight is 394 g/mol. The Bertz CT molecular complexity index is 598. The van der Waals surface area contributed by atoms with Crippen LogP contribution in [0.2, 0.25) is 0 Å². The van der Waals surface area contributed by atoms with E-state index in [0.29, 0.717) is 0 Å². The average Bonchev–Trinajstić information content (AvgIpc) is 3.19. The normalized spacial score (nSPS) is 20.8. The Labute approximate surface area is 166 Å². The first-order valence-electron chi connectivity index (χ1n) is 9.01. The number of hydrogen-bond donors (Lipinski definition) is 1. The third-order valence-corrected chi connectivity index (χ3v) is 4.53. The Hall–Kier alpha value is -1.80. The molecule has 1 aromatic rings. The third-order valence-electron chi connectivity index (χ3n) is 3.69. The van der Waals surface area contributed by atoms with Gasteiger partial charge in [0.25, 0.3) is 0 Å². The van der Waals surface area contributed by atoms with E-state index >= 15 is 0 Å². The zero-order valence-corrected chi connectivity index (χ0v) is 17.2. The molecule has 1 saturated heterocycles. The molecule has 2 heterocycles. The van der Waals surface area contributed by atoms with Crippen molar-refractivity contribution in [1.82, 2.24) is 4.90 Å². The number of carbonyl (C=O) groups is 1. The topological polar surface area (TPSA) is 77.2 Å². The largest absolute Gasteiger partial charge is 0.405 e. The zero-order chi connectivity index (χ0) is 19.9. The Morgan fingerprint density at radius 1 is 1.44 bits per heavy atom. The van der Waals surface area contributed by atoms with Crippen LogP contribution in [-0.4, -0.2) is 63.6 Å². The maximum absolute atomic E-state index is 10.8. The van der Waals surface area contributed by atoms with Gasteiger partial charge in [-0.15, -0.1) is 11.3 Å². The van der Waals surface area contributed by atoms with E-state index < -0.39 is 0 Å². The summed E-state index contributed by atoms with van der Waals surface area (Å²) in [4.78, 5) is 18.5. The molecule has 0 bridgehead atoms. The number of methoxy groups -OCH3 is 1. The number of thiophene rings is 1. The van der Waals surface area contributed by atoms with Gasteiger partial charge in [-0.05, 0) is 69.2 Å². The molecule has 2 rings (SSSR count). The summed E-state index contributed by atoms with van der Waals surface area (Å²) in [5, 5.41) is 2.02. The third kappa shape index (κ3) is 10.8. The number of allylic oxidation sites excluding steroid dienone is 2. The summed E-state index contributed by atoms with van der Waals surface area (Å²) < 4.78 is 10.4. The minimum Gasteiger partial charge on any atom is -0.405 e. The minimum atomic E-state index is -0.332. The van der Waals surface area contributed by atoms with Crippen molar-refractivity contribution >= 4 is 29.4 Å². The molecule has 0 radical (unpaired) electrons. The van der Waals surface area contributed by atoms with Crippen molar-refractivity contribution in [1.29, 1.82) is 0 Å².